The minimum absolute atomic E-state index is 0.746. The van der Waals surface area contributed by atoms with Gasteiger partial charge in [0.1, 0.15) is 18.0 Å². The van der Waals surface area contributed by atoms with Gasteiger partial charge < -0.3 is 9.88 Å². The van der Waals surface area contributed by atoms with Crippen LogP contribution in [0.5, 0.6) is 0 Å². The summed E-state index contributed by atoms with van der Waals surface area (Å²) in [4.78, 5) is 13.1. The fourth-order valence-corrected chi connectivity index (χ4v) is 2.08. The second-order valence-electron chi connectivity index (χ2n) is 4.56. The number of anilines is 1. The van der Waals surface area contributed by atoms with Gasteiger partial charge in [0.15, 0.2) is 0 Å². The Bertz CT molecular complexity index is 532. The molecule has 0 spiro atoms. The summed E-state index contributed by atoms with van der Waals surface area (Å²) in [7, 11) is 2.01. The quantitative estimate of drug-likeness (QED) is 0.864. The van der Waals surface area contributed by atoms with E-state index in [4.69, 9.17) is 0 Å². The Morgan fingerprint density at radius 3 is 2.68 bits per heavy atom. The Labute approximate surface area is 114 Å². The average Bonchev–Trinajstić information content (AvgIpc) is 2.82. The van der Waals surface area contributed by atoms with E-state index in [1.54, 1.807) is 6.33 Å². The van der Waals surface area contributed by atoms with Gasteiger partial charge in [0.25, 0.3) is 0 Å². The van der Waals surface area contributed by atoms with Gasteiger partial charge in [-0.25, -0.2) is 15.0 Å². The van der Waals surface area contributed by atoms with Crippen molar-refractivity contribution >= 4 is 5.82 Å². The zero-order valence-electron chi connectivity index (χ0n) is 11.8. The topological polar surface area (TPSA) is 55.6 Å². The lowest BCUT2D eigenvalue weighted by Gasteiger charge is -2.12. The Morgan fingerprint density at radius 2 is 2.05 bits per heavy atom. The fraction of sp³-hybridized carbons (Fsp3) is 0.500. The first kappa shape index (κ1) is 13.5. The Kier molecular flexibility index (Phi) is 4.49. The fourth-order valence-electron chi connectivity index (χ4n) is 2.08. The molecule has 2 aromatic rings. The molecule has 0 fully saturated rings. The number of nitrogens with one attached hydrogen (secondary N) is 1. The highest BCUT2D eigenvalue weighted by Gasteiger charge is 2.11. The lowest BCUT2D eigenvalue weighted by atomic mass is 10.1. The van der Waals surface area contributed by atoms with Gasteiger partial charge >= 0.3 is 0 Å². The first-order valence-corrected chi connectivity index (χ1v) is 6.79. The number of nitrogens with zero attached hydrogens (tertiary/aromatic N) is 4. The summed E-state index contributed by atoms with van der Waals surface area (Å²) in [5.74, 6) is 1.98. The zero-order valence-corrected chi connectivity index (χ0v) is 11.8. The smallest absolute Gasteiger partial charge is 0.132 e. The maximum atomic E-state index is 4.43. The van der Waals surface area contributed by atoms with Crippen molar-refractivity contribution in [1.29, 1.82) is 0 Å². The van der Waals surface area contributed by atoms with Crippen molar-refractivity contribution in [2.75, 3.05) is 11.9 Å². The van der Waals surface area contributed by atoms with Crippen LogP contribution in [0.25, 0.3) is 0 Å². The molecule has 102 valence electrons. The summed E-state index contributed by atoms with van der Waals surface area (Å²) < 4.78 is 2.03. The minimum Gasteiger partial charge on any atom is -0.370 e. The van der Waals surface area contributed by atoms with Crippen molar-refractivity contribution < 1.29 is 0 Å². The Balaban J connectivity index is 2.27. The molecule has 0 aliphatic heterocycles. The first-order chi connectivity index (χ1) is 9.26. The second kappa shape index (κ2) is 6.31. The van der Waals surface area contributed by atoms with Gasteiger partial charge in [0.05, 0.1) is 5.69 Å². The summed E-state index contributed by atoms with van der Waals surface area (Å²) in [6.07, 6.45) is 8.16. The molecule has 0 aliphatic rings. The third-order valence-electron chi connectivity index (χ3n) is 3.18. The molecule has 0 aromatic carbocycles. The van der Waals surface area contributed by atoms with Gasteiger partial charge in [-0.05, 0) is 12.8 Å². The summed E-state index contributed by atoms with van der Waals surface area (Å²) >= 11 is 0. The van der Waals surface area contributed by atoms with Gasteiger partial charge in [-0.1, -0.05) is 13.8 Å². The molecule has 0 radical (unpaired) electrons. The van der Waals surface area contributed by atoms with E-state index in [0.29, 0.717) is 0 Å². The maximum Gasteiger partial charge on any atom is 0.132 e. The molecule has 19 heavy (non-hydrogen) atoms. The van der Waals surface area contributed by atoms with Crippen LogP contribution >= 0.6 is 0 Å². The van der Waals surface area contributed by atoms with Crippen LogP contribution in [0.1, 0.15) is 37.4 Å². The van der Waals surface area contributed by atoms with Gasteiger partial charge in [-0.2, -0.15) is 0 Å². The van der Waals surface area contributed by atoms with Gasteiger partial charge in [0.2, 0.25) is 0 Å². The van der Waals surface area contributed by atoms with Gasteiger partial charge in [0, 0.05) is 38.0 Å². The van der Waals surface area contributed by atoms with Crippen LogP contribution in [0.3, 0.4) is 0 Å². The highest BCUT2D eigenvalue weighted by Crippen LogP contribution is 2.18. The molecular formula is C14H21N5. The molecule has 5 nitrogen and oxygen atoms in total. The van der Waals surface area contributed by atoms with Crippen LogP contribution in [-0.2, 0) is 19.9 Å². The first-order valence-electron chi connectivity index (χ1n) is 6.79. The molecule has 0 saturated heterocycles. The van der Waals surface area contributed by atoms with Crippen molar-refractivity contribution in [2.45, 2.75) is 33.1 Å². The summed E-state index contributed by atoms with van der Waals surface area (Å²) in [6.45, 7) is 5.22. The van der Waals surface area contributed by atoms with Crippen LogP contribution in [0.15, 0.2) is 18.7 Å². The molecular weight excluding hydrogens is 238 g/mol. The number of aryl methyl sites for hydroxylation is 1. The lowest BCUT2D eigenvalue weighted by molar-refractivity contribution is 0.799. The van der Waals surface area contributed by atoms with E-state index in [-0.39, 0.29) is 0 Å². The highest BCUT2D eigenvalue weighted by atomic mass is 15.0. The standard InChI is InChI=1S/C14H21N5/c1-4-6-16-14-11(5-2)12(17-10-18-14)9-13-15-7-8-19(13)3/h7-8,10H,4-6,9H2,1-3H3,(H,16,17,18). The molecule has 0 unspecified atom stereocenters. The van der Waals surface area contributed by atoms with Crippen molar-refractivity contribution in [3.05, 3.63) is 35.8 Å². The minimum atomic E-state index is 0.746. The van der Waals surface area contributed by atoms with Crippen molar-refractivity contribution in [3.8, 4) is 0 Å². The van der Waals surface area contributed by atoms with Crippen molar-refractivity contribution in [1.82, 2.24) is 19.5 Å². The molecule has 2 aromatic heterocycles. The highest BCUT2D eigenvalue weighted by molar-refractivity contribution is 5.46. The zero-order chi connectivity index (χ0) is 13.7. The number of imidazole rings is 1. The number of hydrogen-bond acceptors (Lipinski definition) is 4. The average molecular weight is 259 g/mol. The SMILES string of the molecule is CCCNc1ncnc(Cc2nccn2C)c1CC. The van der Waals surface area contributed by atoms with E-state index in [9.17, 15) is 0 Å². The molecule has 1 N–H and O–H groups in total. The monoisotopic (exact) mass is 259 g/mol. The predicted octanol–water partition coefficient (Wildman–Crippen LogP) is 2.19. The molecule has 0 bridgehead atoms. The predicted molar refractivity (Wildman–Crippen MR) is 76.2 cm³/mol. The normalized spacial score (nSPS) is 10.7. The van der Waals surface area contributed by atoms with Crippen LogP contribution in [0, 0.1) is 0 Å². The summed E-state index contributed by atoms with van der Waals surface area (Å²) in [6, 6.07) is 0. The van der Waals surface area contributed by atoms with E-state index < -0.39 is 0 Å². The summed E-state index contributed by atoms with van der Waals surface area (Å²) in [5, 5.41) is 3.37. The number of hydrogen-bond donors (Lipinski definition) is 1. The molecule has 5 heteroatoms. The van der Waals surface area contributed by atoms with Crippen LogP contribution in [0.2, 0.25) is 0 Å². The Morgan fingerprint density at radius 1 is 1.21 bits per heavy atom. The largest absolute Gasteiger partial charge is 0.370 e. The molecule has 2 heterocycles. The molecule has 0 saturated carbocycles. The van der Waals surface area contributed by atoms with Crippen LogP contribution in [0.4, 0.5) is 5.82 Å². The van der Waals surface area contributed by atoms with E-state index in [0.717, 1.165) is 43.1 Å². The van der Waals surface area contributed by atoms with Crippen molar-refractivity contribution in [3.63, 3.8) is 0 Å². The molecule has 0 aliphatic carbocycles. The van der Waals surface area contributed by atoms with Crippen LogP contribution < -0.4 is 5.32 Å². The number of rotatable bonds is 6. The molecule has 0 amide bonds. The van der Waals surface area contributed by atoms with E-state index in [2.05, 4.69) is 34.1 Å². The molecule has 0 atom stereocenters. The van der Waals surface area contributed by atoms with E-state index in [1.807, 2.05) is 24.0 Å². The Hall–Kier alpha value is -1.91. The summed E-state index contributed by atoms with van der Waals surface area (Å²) in [5.41, 5.74) is 2.25. The second-order valence-corrected chi connectivity index (χ2v) is 4.56. The van der Waals surface area contributed by atoms with Gasteiger partial charge in [-0.15, -0.1) is 0 Å². The van der Waals surface area contributed by atoms with Crippen molar-refractivity contribution in [2.24, 2.45) is 7.05 Å². The van der Waals surface area contributed by atoms with Crippen LogP contribution in [-0.4, -0.2) is 26.1 Å². The van der Waals surface area contributed by atoms with Gasteiger partial charge in [-0.3, -0.25) is 0 Å². The third-order valence-corrected chi connectivity index (χ3v) is 3.18. The lowest BCUT2D eigenvalue weighted by Crippen LogP contribution is -2.10. The number of aromatic nitrogens is 4. The van der Waals surface area contributed by atoms with E-state index in [1.165, 1.54) is 5.56 Å². The molecule has 2 rings (SSSR count). The van der Waals surface area contributed by atoms with E-state index >= 15 is 0 Å². The maximum absolute atomic E-state index is 4.43. The third kappa shape index (κ3) is 3.10.